The molecule has 7 heteroatoms. The third kappa shape index (κ3) is 2.35. The fourth-order valence-corrected chi connectivity index (χ4v) is 1.62. The number of hydrogen-bond donors (Lipinski definition) is 1. The Morgan fingerprint density at radius 3 is 2.72 bits per heavy atom. The van der Waals surface area contributed by atoms with Gasteiger partial charge in [0.2, 0.25) is 4.77 Å². The number of aromatic amines is 1. The van der Waals surface area contributed by atoms with Crippen molar-refractivity contribution in [1.29, 1.82) is 0 Å². The SMILES string of the molecule is CCc1n[nH]c(=S)n1N=Cc1c(F)cccc1F. The van der Waals surface area contributed by atoms with Crippen LogP contribution in [0.2, 0.25) is 0 Å². The zero-order valence-electron chi connectivity index (χ0n) is 9.52. The van der Waals surface area contributed by atoms with Crippen molar-refractivity contribution < 1.29 is 8.78 Å². The molecule has 2 rings (SSSR count). The first-order valence-corrected chi connectivity index (χ1v) is 5.69. The average Bonchev–Trinajstić information content (AvgIpc) is 2.70. The van der Waals surface area contributed by atoms with Crippen LogP contribution >= 0.6 is 12.2 Å². The molecule has 1 heterocycles. The number of H-pyrrole nitrogens is 1. The predicted molar refractivity (Wildman–Crippen MR) is 66.1 cm³/mol. The van der Waals surface area contributed by atoms with Crippen LogP contribution in [0.5, 0.6) is 0 Å². The first-order chi connectivity index (χ1) is 8.63. The number of nitrogens with one attached hydrogen (secondary N) is 1. The van der Waals surface area contributed by atoms with E-state index >= 15 is 0 Å². The molecule has 0 saturated heterocycles. The van der Waals surface area contributed by atoms with E-state index in [4.69, 9.17) is 12.2 Å². The molecule has 0 atom stereocenters. The van der Waals surface area contributed by atoms with E-state index in [9.17, 15) is 8.78 Å². The first kappa shape index (κ1) is 12.6. The highest BCUT2D eigenvalue weighted by atomic mass is 32.1. The van der Waals surface area contributed by atoms with Crippen LogP contribution in [0.3, 0.4) is 0 Å². The number of aromatic nitrogens is 3. The Morgan fingerprint density at radius 2 is 2.11 bits per heavy atom. The van der Waals surface area contributed by atoms with Crippen LogP contribution in [0.4, 0.5) is 8.78 Å². The molecular weight excluding hydrogens is 258 g/mol. The second-order valence-electron chi connectivity index (χ2n) is 3.49. The molecule has 4 nitrogen and oxygen atoms in total. The summed E-state index contributed by atoms with van der Waals surface area (Å²) in [5.41, 5.74) is -0.206. The van der Waals surface area contributed by atoms with Gasteiger partial charge in [-0.2, -0.15) is 14.9 Å². The monoisotopic (exact) mass is 268 g/mol. The van der Waals surface area contributed by atoms with E-state index in [0.717, 1.165) is 6.21 Å². The third-order valence-electron chi connectivity index (χ3n) is 2.34. The summed E-state index contributed by atoms with van der Waals surface area (Å²) in [4.78, 5) is 0. The average molecular weight is 268 g/mol. The molecule has 0 aliphatic carbocycles. The van der Waals surface area contributed by atoms with Gasteiger partial charge in [-0.25, -0.2) is 8.78 Å². The Kier molecular flexibility index (Phi) is 3.61. The lowest BCUT2D eigenvalue weighted by Crippen LogP contribution is -2.00. The van der Waals surface area contributed by atoms with Gasteiger partial charge >= 0.3 is 0 Å². The topological polar surface area (TPSA) is 46.0 Å². The molecule has 1 aromatic carbocycles. The molecule has 2 aromatic rings. The smallest absolute Gasteiger partial charge is 0.216 e. The van der Waals surface area contributed by atoms with Crippen LogP contribution in [-0.4, -0.2) is 21.1 Å². The fourth-order valence-electron chi connectivity index (χ4n) is 1.42. The van der Waals surface area contributed by atoms with Gasteiger partial charge in [0, 0.05) is 6.42 Å². The molecule has 0 spiro atoms. The van der Waals surface area contributed by atoms with E-state index < -0.39 is 11.6 Å². The number of aryl methyl sites for hydroxylation is 1. The lowest BCUT2D eigenvalue weighted by Gasteiger charge is -1.99. The van der Waals surface area contributed by atoms with E-state index in [0.29, 0.717) is 12.2 Å². The summed E-state index contributed by atoms with van der Waals surface area (Å²) in [5, 5.41) is 10.4. The van der Waals surface area contributed by atoms with Gasteiger partial charge in [-0.3, -0.25) is 5.10 Å². The predicted octanol–water partition coefficient (Wildman–Crippen LogP) is 2.66. The number of hydrogen-bond acceptors (Lipinski definition) is 3. The van der Waals surface area contributed by atoms with Crippen molar-refractivity contribution in [3.8, 4) is 0 Å². The van der Waals surface area contributed by atoms with Gasteiger partial charge in [0.25, 0.3) is 0 Å². The minimum absolute atomic E-state index is 0.206. The molecule has 0 aliphatic rings. The maximum atomic E-state index is 13.4. The molecule has 0 bridgehead atoms. The van der Waals surface area contributed by atoms with Crippen molar-refractivity contribution in [2.24, 2.45) is 5.10 Å². The summed E-state index contributed by atoms with van der Waals surface area (Å²) >= 11 is 4.96. The van der Waals surface area contributed by atoms with Crippen LogP contribution in [0.15, 0.2) is 23.3 Å². The zero-order valence-corrected chi connectivity index (χ0v) is 10.3. The van der Waals surface area contributed by atoms with Crippen molar-refractivity contribution in [3.05, 3.63) is 46.0 Å². The molecule has 0 aliphatic heterocycles. The normalized spacial score (nSPS) is 11.3. The Balaban J connectivity index is 2.42. The summed E-state index contributed by atoms with van der Waals surface area (Å²) in [7, 11) is 0. The van der Waals surface area contributed by atoms with Crippen LogP contribution in [0, 0.1) is 16.4 Å². The number of halogens is 2. The van der Waals surface area contributed by atoms with E-state index in [-0.39, 0.29) is 10.3 Å². The molecule has 0 fully saturated rings. The zero-order chi connectivity index (χ0) is 13.1. The molecule has 0 radical (unpaired) electrons. The van der Waals surface area contributed by atoms with Crippen molar-refractivity contribution in [2.75, 3.05) is 0 Å². The maximum Gasteiger partial charge on any atom is 0.216 e. The molecule has 18 heavy (non-hydrogen) atoms. The Bertz CT molecular complexity index is 624. The van der Waals surface area contributed by atoms with Crippen LogP contribution in [-0.2, 0) is 6.42 Å². The minimum Gasteiger partial charge on any atom is -0.250 e. The fraction of sp³-hybridized carbons (Fsp3) is 0.182. The quantitative estimate of drug-likeness (QED) is 0.687. The Morgan fingerprint density at radius 1 is 1.44 bits per heavy atom. The maximum absolute atomic E-state index is 13.4. The van der Waals surface area contributed by atoms with Crippen LogP contribution in [0.25, 0.3) is 0 Å². The largest absolute Gasteiger partial charge is 0.250 e. The van der Waals surface area contributed by atoms with E-state index in [1.165, 1.54) is 22.9 Å². The first-order valence-electron chi connectivity index (χ1n) is 5.28. The lowest BCUT2D eigenvalue weighted by atomic mass is 10.2. The van der Waals surface area contributed by atoms with Gasteiger partial charge in [0.05, 0.1) is 11.8 Å². The highest BCUT2D eigenvalue weighted by Crippen LogP contribution is 2.09. The van der Waals surface area contributed by atoms with E-state index in [1.807, 2.05) is 6.92 Å². The molecule has 94 valence electrons. The second-order valence-corrected chi connectivity index (χ2v) is 3.88. The molecular formula is C11H10F2N4S. The Hall–Kier alpha value is -1.89. The molecule has 0 saturated carbocycles. The van der Waals surface area contributed by atoms with E-state index in [1.54, 1.807) is 0 Å². The van der Waals surface area contributed by atoms with Crippen molar-refractivity contribution in [1.82, 2.24) is 14.9 Å². The van der Waals surface area contributed by atoms with Crippen molar-refractivity contribution in [2.45, 2.75) is 13.3 Å². The molecule has 0 amide bonds. The third-order valence-corrected chi connectivity index (χ3v) is 2.60. The molecule has 1 aromatic heterocycles. The summed E-state index contributed by atoms with van der Waals surface area (Å²) in [6.07, 6.45) is 1.69. The van der Waals surface area contributed by atoms with E-state index in [2.05, 4.69) is 15.3 Å². The summed E-state index contributed by atoms with van der Waals surface area (Å²) < 4.78 is 28.4. The molecule has 0 unspecified atom stereocenters. The van der Waals surface area contributed by atoms with Gasteiger partial charge < -0.3 is 0 Å². The summed E-state index contributed by atoms with van der Waals surface area (Å²) in [6.45, 7) is 1.88. The van der Waals surface area contributed by atoms with Gasteiger partial charge in [0.15, 0.2) is 5.82 Å². The highest BCUT2D eigenvalue weighted by molar-refractivity contribution is 7.71. The van der Waals surface area contributed by atoms with Gasteiger partial charge in [-0.1, -0.05) is 13.0 Å². The summed E-state index contributed by atoms with van der Waals surface area (Å²) in [6, 6.07) is 3.63. The minimum atomic E-state index is -0.674. The number of benzene rings is 1. The lowest BCUT2D eigenvalue weighted by molar-refractivity contribution is 0.579. The molecule has 1 N–H and O–H groups in total. The van der Waals surface area contributed by atoms with Crippen molar-refractivity contribution in [3.63, 3.8) is 0 Å². The van der Waals surface area contributed by atoms with Crippen molar-refractivity contribution >= 4 is 18.4 Å². The van der Waals surface area contributed by atoms with Gasteiger partial charge in [0.1, 0.15) is 11.6 Å². The standard InChI is InChI=1S/C11H10F2N4S/c1-2-10-15-16-11(18)17(10)14-6-7-8(12)4-3-5-9(7)13/h3-6H,2H2,1H3,(H,16,18). The number of rotatable bonds is 3. The van der Waals surface area contributed by atoms with Gasteiger partial charge in [-0.15, -0.1) is 0 Å². The van der Waals surface area contributed by atoms with Crippen LogP contribution in [0.1, 0.15) is 18.3 Å². The second kappa shape index (κ2) is 5.18. The van der Waals surface area contributed by atoms with Gasteiger partial charge in [-0.05, 0) is 24.4 Å². The summed E-state index contributed by atoms with van der Waals surface area (Å²) in [5.74, 6) is -0.758. The Labute approximate surface area is 107 Å². The highest BCUT2D eigenvalue weighted by Gasteiger charge is 2.06. The van der Waals surface area contributed by atoms with Crippen LogP contribution < -0.4 is 0 Å². The number of nitrogens with zero attached hydrogens (tertiary/aromatic N) is 3.